The molecule has 0 aliphatic heterocycles. The molecule has 37 heavy (non-hydrogen) atoms. The Morgan fingerprint density at radius 3 is 2.14 bits per heavy atom. The van der Waals surface area contributed by atoms with Crippen molar-refractivity contribution in [3.8, 4) is 11.4 Å². The first-order valence-electron chi connectivity index (χ1n) is 13.4. The summed E-state index contributed by atoms with van der Waals surface area (Å²) in [5, 5.41) is 6.31. The van der Waals surface area contributed by atoms with Crippen LogP contribution in [0.1, 0.15) is 52.8 Å². The Hall–Kier alpha value is -3.93. The summed E-state index contributed by atoms with van der Waals surface area (Å²) in [6, 6.07) is 22.8. The predicted molar refractivity (Wildman–Crippen MR) is 144 cm³/mol. The molecule has 4 aromatic rings. The molecule has 6 nitrogen and oxygen atoms in total. The second kappa shape index (κ2) is 8.87. The van der Waals surface area contributed by atoms with Crippen LogP contribution in [0.15, 0.2) is 72.8 Å². The normalized spacial score (nSPS) is 25.8. The van der Waals surface area contributed by atoms with E-state index in [1.165, 1.54) is 32.1 Å². The zero-order chi connectivity index (χ0) is 24.9. The molecule has 0 saturated heterocycles. The van der Waals surface area contributed by atoms with Gasteiger partial charge in [0.05, 0.1) is 11.0 Å². The average molecular weight is 491 g/mol. The van der Waals surface area contributed by atoms with Gasteiger partial charge in [0.1, 0.15) is 5.82 Å². The number of benzene rings is 3. The predicted octanol–water partition coefficient (Wildman–Crippen LogP) is 6.04. The van der Waals surface area contributed by atoms with E-state index in [2.05, 4.69) is 15.6 Å². The fourth-order valence-electron chi connectivity index (χ4n) is 7.19. The van der Waals surface area contributed by atoms with Gasteiger partial charge in [0.15, 0.2) is 0 Å². The maximum Gasteiger partial charge on any atom is 0.255 e. The highest BCUT2D eigenvalue weighted by Crippen LogP contribution is 2.53. The Kier molecular flexibility index (Phi) is 5.34. The third-order valence-corrected chi connectivity index (χ3v) is 8.72. The third-order valence-electron chi connectivity index (χ3n) is 8.72. The lowest BCUT2D eigenvalue weighted by Gasteiger charge is -2.54. The number of carbonyl (C=O) groups is 2. The molecule has 0 spiro atoms. The number of hydrogen-bond donors (Lipinski definition) is 3. The van der Waals surface area contributed by atoms with Crippen LogP contribution in [0.4, 0.5) is 5.69 Å². The van der Waals surface area contributed by atoms with E-state index in [0.717, 1.165) is 34.1 Å². The molecule has 0 radical (unpaired) electrons. The van der Waals surface area contributed by atoms with Crippen LogP contribution in [-0.2, 0) is 0 Å². The number of hydrogen-bond acceptors (Lipinski definition) is 3. The van der Waals surface area contributed by atoms with Gasteiger partial charge >= 0.3 is 0 Å². The van der Waals surface area contributed by atoms with Gasteiger partial charge in [-0.15, -0.1) is 0 Å². The standard InChI is InChI=1S/C31H30N4O2/c36-30(35-28-23-13-18-12-19(15-23)16-24(28)14-18)21-8-6-20(7-9-21)29-33-26-11-10-22(17-27(26)34-29)31(37)32-25-4-2-1-3-5-25/h1-11,17-19,23-24,28H,12-16H2,(H,32,37)(H,33,34)(H,35,36). The number of para-hydroxylation sites is 1. The molecule has 4 saturated carbocycles. The molecule has 4 aliphatic rings. The maximum absolute atomic E-state index is 13.1. The number of imidazole rings is 1. The molecule has 4 fully saturated rings. The van der Waals surface area contributed by atoms with Crippen molar-refractivity contribution < 1.29 is 9.59 Å². The van der Waals surface area contributed by atoms with Gasteiger partial charge in [0, 0.05) is 28.4 Å². The molecule has 0 unspecified atom stereocenters. The van der Waals surface area contributed by atoms with E-state index in [1.54, 1.807) is 6.07 Å². The first-order valence-corrected chi connectivity index (χ1v) is 13.4. The summed E-state index contributed by atoms with van der Waals surface area (Å²) in [6.45, 7) is 0. The minimum Gasteiger partial charge on any atom is -0.349 e. The molecule has 8 rings (SSSR count). The monoisotopic (exact) mass is 490 g/mol. The number of aromatic nitrogens is 2. The zero-order valence-electron chi connectivity index (χ0n) is 20.6. The Morgan fingerprint density at radius 2 is 1.43 bits per heavy atom. The van der Waals surface area contributed by atoms with E-state index in [1.807, 2.05) is 66.7 Å². The van der Waals surface area contributed by atoms with Gasteiger partial charge in [0.25, 0.3) is 11.8 Å². The summed E-state index contributed by atoms with van der Waals surface area (Å²) in [5.74, 6) is 3.69. The van der Waals surface area contributed by atoms with E-state index < -0.39 is 0 Å². The molecule has 3 N–H and O–H groups in total. The lowest BCUT2D eigenvalue weighted by molar-refractivity contribution is -0.0119. The minimum absolute atomic E-state index is 0.0303. The highest BCUT2D eigenvalue weighted by atomic mass is 16.2. The third kappa shape index (κ3) is 4.20. The average Bonchev–Trinajstić information content (AvgIpc) is 3.34. The first kappa shape index (κ1) is 22.3. The lowest BCUT2D eigenvalue weighted by atomic mass is 9.54. The van der Waals surface area contributed by atoms with Gasteiger partial charge < -0.3 is 15.6 Å². The number of aromatic amines is 1. The van der Waals surface area contributed by atoms with E-state index in [9.17, 15) is 9.59 Å². The highest BCUT2D eigenvalue weighted by Gasteiger charge is 2.48. The lowest BCUT2D eigenvalue weighted by Crippen LogP contribution is -2.55. The van der Waals surface area contributed by atoms with E-state index in [4.69, 9.17) is 4.98 Å². The van der Waals surface area contributed by atoms with E-state index in [-0.39, 0.29) is 11.8 Å². The van der Waals surface area contributed by atoms with Crippen LogP contribution in [0.25, 0.3) is 22.4 Å². The molecule has 3 aromatic carbocycles. The van der Waals surface area contributed by atoms with E-state index in [0.29, 0.717) is 34.8 Å². The first-order chi connectivity index (χ1) is 18.1. The van der Waals surface area contributed by atoms with Crippen LogP contribution in [0.5, 0.6) is 0 Å². The molecule has 186 valence electrons. The number of rotatable bonds is 5. The van der Waals surface area contributed by atoms with Crippen LogP contribution in [0.3, 0.4) is 0 Å². The summed E-state index contributed by atoms with van der Waals surface area (Å²) in [5.41, 5.74) is 4.48. The fourth-order valence-corrected chi connectivity index (χ4v) is 7.19. The number of carbonyl (C=O) groups excluding carboxylic acids is 2. The van der Waals surface area contributed by atoms with Crippen molar-refractivity contribution in [1.29, 1.82) is 0 Å². The Balaban J connectivity index is 1.05. The van der Waals surface area contributed by atoms with Gasteiger partial charge in [-0.2, -0.15) is 0 Å². The molecule has 0 atom stereocenters. The van der Waals surface area contributed by atoms with Gasteiger partial charge in [-0.1, -0.05) is 30.3 Å². The molecule has 4 bridgehead atoms. The quantitative estimate of drug-likeness (QED) is 0.319. The molecule has 1 aromatic heterocycles. The Labute approximate surface area is 215 Å². The summed E-state index contributed by atoms with van der Waals surface area (Å²) >= 11 is 0. The van der Waals surface area contributed by atoms with Crippen molar-refractivity contribution in [2.45, 2.75) is 38.1 Å². The number of H-pyrrole nitrogens is 1. The number of fused-ring (bicyclic) bond motifs is 1. The summed E-state index contributed by atoms with van der Waals surface area (Å²) in [4.78, 5) is 33.8. The van der Waals surface area contributed by atoms with Crippen LogP contribution < -0.4 is 10.6 Å². The summed E-state index contributed by atoms with van der Waals surface area (Å²) < 4.78 is 0. The largest absolute Gasteiger partial charge is 0.349 e. The highest BCUT2D eigenvalue weighted by molar-refractivity contribution is 6.06. The smallest absolute Gasteiger partial charge is 0.255 e. The molecular weight excluding hydrogens is 460 g/mol. The topological polar surface area (TPSA) is 86.9 Å². The fraction of sp³-hybridized carbons (Fsp3) is 0.323. The SMILES string of the molecule is O=C(Nc1ccccc1)c1ccc2nc(-c3ccc(C(=O)NC4C5CC6CC(C5)CC4C6)cc3)[nH]c2c1. The van der Waals surface area contributed by atoms with E-state index >= 15 is 0 Å². The second-order valence-electron chi connectivity index (χ2n) is 11.1. The molecule has 6 heteroatoms. The van der Waals surface area contributed by atoms with Gasteiger partial charge in [-0.3, -0.25) is 9.59 Å². The number of amides is 2. The van der Waals surface area contributed by atoms with Crippen molar-refractivity contribution in [2.75, 3.05) is 5.32 Å². The number of nitrogens with one attached hydrogen (secondary N) is 3. The minimum atomic E-state index is -0.168. The molecule has 2 amide bonds. The van der Waals surface area contributed by atoms with Crippen LogP contribution >= 0.6 is 0 Å². The number of anilines is 1. The van der Waals surface area contributed by atoms with Crippen molar-refractivity contribution >= 4 is 28.5 Å². The van der Waals surface area contributed by atoms with Gasteiger partial charge in [-0.05, 0) is 98.2 Å². The van der Waals surface area contributed by atoms with Gasteiger partial charge in [-0.25, -0.2) is 4.98 Å². The summed E-state index contributed by atoms with van der Waals surface area (Å²) in [6.07, 6.45) is 6.58. The zero-order valence-corrected chi connectivity index (χ0v) is 20.6. The van der Waals surface area contributed by atoms with Crippen molar-refractivity contribution in [2.24, 2.45) is 23.7 Å². The van der Waals surface area contributed by atoms with Gasteiger partial charge in [0.2, 0.25) is 0 Å². The molecule has 4 aliphatic carbocycles. The Bertz CT molecular complexity index is 1450. The molecular formula is C31H30N4O2. The molecule has 1 heterocycles. The number of nitrogens with zero attached hydrogens (tertiary/aromatic N) is 1. The Morgan fingerprint density at radius 1 is 0.757 bits per heavy atom. The summed E-state index contributed by atoms with van der Waals surface area (Å²) in [7, 11) is 0. The van der Waals surface area contributed by atoms with Crippen molar-refractivity contribution in [3.63, 3.8) is 0 Å². The van der Waals surface area contributed by atoms with Crippen molar-refractivity contribution in [3.05, 3.63) is 83.9 Å². The van der Waals surface area contributed by atoms with Crippen molar-refractivity contribution in [1.82, 2.24) is 15.3 Å². The van der Waals surface area contributed by atoms with Crippen LogP contribution in [0.2, 0.25) is 0 Å². The van der Waals surface area contributed by atoms with Crippen LogP contribution in [0, 0.1) is 23.7 Å². The maximum atomic E-state index is 13.1. The van der Waals surface area contributed by atoms with Crippen LogP contribution in [-0.4, -0.2) is 27.8 Å². The second-order valence-corrected chi connectivity index (χ2v) is 11.1.